The predicted octanol–water partition coefficient (Wildman–Crippen LogP) is 3.96. The lowest BCUT2D eigenvalue weighted by Crippen LogP contribution is -2.45. The van der Waals surface area contributed by atoms with E-state index >= 15 is 0 Å². The minimum absolute atomic E-state index is 0.0584. The molecule has 3 heterocycles. The average molecular weight is 384 g/mol. The van der Waals surface area contributed by atoms with Gasteiger partial charge < -0.3 is 0 Å². The molecule has 1 saturated carbocycles. The van der Waals surface area contributed by atoms with Gasteiger partial charge in [-0.1, -0.05) is 31.4 Å². The van der Waals surface area contributed by atoms with Gasteiger partial charge in [0.1, 0.15) is 5.01 Å². The van der Waals surface area contributed by atoms with E-state index < -0.39 is 0 Å². The van der Waals surface area contributed by atoms with Gasteiger partial charge >= 0.3 is 0 Å². The fourth-order valence-electron chi connectivity index (χ4n) is 5.02. The Bertz CT molecular complexity index is 822. The highest BCUT2D eigenvalue weighted by atomic mass is 32.1. The van der Waals surface area contributed by atoms with Gasteiger partial charge in [-0.3, -0.25) is 19.4 Å². The lowest BCUT2D eigenvalue weighted by Gasteiger charge is -2.36. The van der Waals surface area contributed by atoms with Crippen molar-refractivity contribution < 1.29 is 9.59 Å². The molecule has 1 aliphatic carbocycles. The molecule has 0 N–H and O–H groups in total. The summed E-state index contributed by atoms with van der Waals surface area (Å²) in [5.74, 6) is 0.0190. The topological polar surface area (TPSA) is 53.5 Å². The maximum Gasteiger partial charge on any atom is 0.234 e. The molecule has 1 aromatic carbocycles. The quantitative estimate of drug-likeness (QED) is 0.753. The summed E-state index contributed by atoms with van der Waals surface area (Å²) < 4.78 is 1.21. The van der Waals surface area contributed by atoms with Crippen LogP contribution in [0.25, 0.3) is 10.2 Å². The number of piperidine rings is 1. The van der Waals surface area contributed by atoms with E-state index in [2.05, 4.69) is 17.0 Å². The Kier molecular flexibility index (Phi) is 4.48. The second-order valence-corrected chi connectivity index (χ2v) is 9.15. The normalized spacial score (nSPS) is 29.5. The number of amides is 2. The van der Waals surface area contributed by atoms with Crippen LogP contribution in [0.5, 0.6) is 0 Å². The zero-order valence-electron chi connectivity index (χ0n) is 15.5. The van der Waals surface area contributed by atoms with Crippen molar-refractivity contribution in [1.29, 1.82) is 0 Å². The number of para-hydroxylation sites is 1. The van der Waals surface area contributed by atoms with E-state index in [1.54, 1.807) is 16.2 Å². The fraction of sp³-hybridized carbons (Fsp3) is 0.571. The summed E-state index contributed by atoms with van der Waals surface area (Å²) in [6, 6.07) is 8.45. The van der Waals surface area contributed by atoms with Crippen molar-refractivity contribution in [2.24, 2.45) is 11.8 Å². The van der Waals surface area contributed by atoms with Crippen LogP contribution in [0.2, 0.25) is 0 Å². The van der Waals surface area contributed by atoms with E-state index in [-0.39, 0.29) is 29.7 Å². The molecule has 0 bridgehead atoms. The monoisotopic (exact) mass is 383 g/mol. The number of carbonyl (C=O) groups excluding carboxylic acids is 2. The minimum atomic E-state index is -0.0584. The highest BCUT2D eigenvalue weighted by Crippen LogP contribution is 2.40. The van der Waals surface area contributed by atoms with Gasteiger partial charge in [-0.2, -0.15) is 0 Å². The smallest absolute Gasteiger partial charge is 0.234 e. The van der Waals surface area contributed by atoms with Gasteiger partial charge in [0.25, 0.3) is 0 Å². The standard InChI is InChI=1S/C21H25N3O2S/c25-20-14-7-1-2-8-15(14)21(26)24(20)13-23-12-6-5-10-17(23)19-22-16-9-3-4-11-18(16)27-19/h3-4,9,11,14-15,17H,1-2,5-8,10,12-13H2/t14-,15+,17-/m1/s1. The van der Waals surface area contributed by atoms with Crippen molar-refractivity contribution in [2.45, 2.75) is 51.0 Å². The molecule has 3 aliphatic rings. The third-order valence-electron chi connectivity index (χ3n) is 6.46. The molecule has 6 heteroatoms. The van der Waals surface area contributed by atoms with Gasteiger partial charge in [0.05, 0.1) is 34.8 Å². The van der Waals surface area contributed by atoms with Crippen LogP contribution < -0.4 is 0 Å². The summed E-state index contributed by atoms with van der Waals surface area (Å²) in [5, 5.41) is 1.12. The Morgan fingerprint density at radius 3 is 2.41 bits per heavy atom. The lowest BCUT2D eigenvalue weighted by molar-refractivity contribution is -0.143. The second-order valence-electron chi connectivity index (χ2n) is 8.09. The van der Waals surface area contributed by atoms with Gasteiger partial charge in [-0.05, 0) is 37.8 Å². The Morgan fingerprint density at radius 1 is 0.963 bits per heavy atom. The van der Waals surface area contributed by atoms with Crippen molar-refractivity contribution in [3.8, 4) is 0 Å². The van der Waals surface area contributed by atoms with Crippen molar-refractivity contribution in [1.82, 2.24) is 14.8 Å². The maximum absolute atomic E-state index is 12.9. The molecule has 3 atom stereocenters. The van der Waals surface area contributed by atoms with Crippen molar-refractivity contribution in [2.75, 3.05) is 13.2 Å². The number of benzene rings is 1. The van der Waals surface area contributed by atoms with Crippen LogP contribution in [-0.2, 0) is 9.59 Å². The Hall–Kier alpha value is -1.79. The molecule has 5 nitrogen and oxygen atoms in total. The van der Waals surface area contributed by atoms with E-state index in [0.717, 1.165) is 55.6 Å². The first-order valence-corrected chi connectivity index (χ1v) is 11.0. The average Bonchev–Trinajstić information content (AvgIpc) is 3.24. The Morgan fingerprint density at radius 2 is 1.67 bits per heavy atom. The summed E-state index contributed by atoms with van der Waals surface area (Å²) in [6.07, 6.45) is 7.25. The summed E-state index contributed by atoms with van der Waals surface area (Å²) >= 11 is 1.75. The number of nitrogens with zero attached hydrogens (tertiary/aromatic N) is 3. The van der Waals surface area contributed by atoms with Crippen LogP contribution in [0.1, 0.15) is 56.0 Å². The zero-order chi connectivity index (χ0) is 18.4. The molecular weight excluding hydrogens is 358 g/mol. The highest BCUT2D eigenvalue weighted by Gasteiger charge is 2.48. The molecule has 5 rings (SSSR count). The number of fused-ring (bicyclic) bond motifs is 2. The molecule has 2 amide bonds. The first-order chi connectivity index (χ1) is 13.2. The van der Waals surface area contributed by atoms with Crippen LogP contribution in [0.3, 0.4) is 0 Å². The van der Waals surface area contributed by atoms with E-state index in [1.165, 1.54) is 11.1 Å². The Balaban J connectivity index is 1.39. The number of aromatic nitrogens is 1. The van der Waals surface area contributed by atoms with Crippen molar-refractivity contribution in [3.05, 3.63) is 29.3 Å². The molecule has 27 heavy (non-hydrogen) atoms. The molecule has 0 unspecified atom stereocenters. The van der Waals surface area contributed by atoms with E-state index in [9.17, 15) is 9.59 Å². The van der Waals surface area contributed by atoms with Gasteiger partial charge in [0.2, 0.25) is 11.8 Å². The first-order valence-electron chi connectivity index (χ1n) is 10.2. The SMILES string of the molecule is O=C1[C@H]2CCCC[C@H]2C(=O)N1CN1CCCC[C@@H]1c1nc2ccccc2s1. The van der Waals surface area contributed by atoms with Crippen molar-refractivity contribution in [3.63, 3.8) is 0 Å². The van der Waals surface area contributed by atoms with E-state index in [0.29, 0.717) is 6.67 Å². The molecule has 3 fully saturated rings. The van der Waals surface area contributed by atoms with Crippen LogP contribution in [0, 0.1) is 11.8 Å². The third-order valence-corrected chi connectivity index (χ3v) is 7.60. The van der Waals surface area contributed by atoms with Crippen LogP contribution in [0.4, 0.5) is 0 Å². The largest absolute Gasteiger partial charge is 0.276 e. The number of carbonyl (C=O) groups is 2. The minimum Gasteiger partial charge on any atom is -0.276 e. The number of hydrogen-bond acceptors (Lipinski definition) is 5. The van der Waals surface area contributed by atoms with Gasteiger partial charge in [0.15, 0.2) is 0 Å². The van der Waals surface area contributed by atoms with Crippen LogP contribution in [-0.4, -0.2) is 39.8 Å². The van der Waals surface area contributed by atoms with Gasteiger partial charge in [-0.25, -0.2) is 4.98 Å². The summed E-state index contributed by atoms with van der Waals surface area (Å²) in [4.78, 5) is 34.5. The van der Waals surface area contributed by atoms with E-state index in [1.807, 2.05) is 12.1 Å². The third kappa shape index (κ3) is 2.99. The Labute approximate surface area is 163 Å². The summed E-state index contributed by atoms with van der Waals surface area (Å²) in [7, 11) is 0. The fourth-order valence-corrected chi connectivity index (χ4v) is 6.16. The van der Waals surface area contributed by atoms with Crippen LogP contribution in [0.15, 0.2) is 24.3 Å². The number of hydrogen-bond donors (Lipinski definition) is 0. The molecule has 1 aromatic heterocycles. The molecular formula is C21H25N3O2S. The number of imide groups is 1. The first kappa shape index (κ1) is 17.3. The van der Waals surface area contributed by atoms with Gasteiger partial charge in [0, 0.05) is 6.54 Å². The number of likely N-dealkylation sites (tertiary alicyclic amines) is 2. The molecule has 2 saturated heterocycles. The molecule has 2 aliphatic heterocycles. The molecule has 2 aromatic rings. The summed E-state index contributed by atoms with van der Waals surface area (Å²) in [6.45, 7) is 1.36. The van der Waals surface area contributed by atoms with Crippen molar-refractivity contribution >= 4 is 33.4 Å². The molecule has 0 spiro atoms. The molecule has 0 radical (unpaired) electrons. The maximum atomic E-state index is 12.9. The highest BCUT2D eigenvalue weighted by molar-refractivity contribution is 7.18. The number of rotatable bonds is 3. The number of thiazole rings is 1. The lowest BCUT2D eigenvalue weighted by atomic mass is 9.81. The summed E-state index contributed by atoms with van der Waals surface area (Å²) in [5.41, 5.74) is 1.04. The van der Waals surface area contributed by atoms with Gasteiger partial charge in [-0.15, -0.1) is 11.3 Å². The van der Waals surface area contributed by atoms with E-state index in [4.69, 9.17) is 4.98 Å². The van der Waals surface area contributed by atoms with Crippen LogP contribution >= 0.6 is 11.3 Å². The zero-order valence-corrected chi connectivity index (χ0v) is 16.3. The second kappa shape index (κ2) is 6.99. The predicted molar refractivity (Wildman–Crippen MR) is 105 cm³/mol. The molecule has 142 valence electrons.